The molecule has 3 aromatic rings. The van der Waals surface area contributed by atoms with Crippen LogP contribution in [0.25, 0.3) is 0 Å². The molecule has 0 bridgehead atoms. The van der Waals surface area contributed by atoms with Gasteiger partial charge in [-0.25, -0.2) is 4.98 Å². The van der Waals surface area contributed by atoms with Crippen LogP contribution in [0.1, 0.15) is 56.3 Å². The Hall–Kier alpha value is -4.25. The van der Waals surface area contributed by atoms with Crippen molar-refractivity contribution in [2.75, 3.05) is 5.32 Å². The minimum Gasteiger partial charge on any atom is -0.310 e. The highest BCUT2D eigenvalue weighted by molar-refractivity contribution is 6.08. The molecule has 0 atom stereocenters. The molecule has 34 heavy (non-hydrogen) atoms. The Bertz CT molecular complexity index is 1320. The second kappa shape index (κ2) is 10.1. The van der Waals surface area contributed by atoms with E-state index in [4.69, 9.17) is 5.41 Å². The summed E-state index contributed by atoms with van der Waals surface area (Å²) in [6.45, 7) is 3.16. The molecule has 172 valence electrons. The van der Waals surface area contributed by atoms with E-state index in [0.29, 0.717) is 22.5 Å². The number of aromatic nitrogens is 1. The molecule has 0 aliphatic rings. The molecule has 1 aromatic heterocycles. The van der Waals surface area contributed by atoms with Gasteiger partial charge >= 0.3 is 6.18 Å². The minimum atomic E-state index is -4.66. The van der Waals surface area contributed by atoms with Gasteiger partial charge in [0.25, 0.3) is 5.91 Å². The van der Waals surface area contributed by atoms with E-state index in [2.05, 4.69) is 22.1 Å². The number of carbonyl (C=O) groups is 2. The number of benzene rings is 2. The van der Waals surface area contributed by atoms with Crippen molar-refractivity contribution in [3.8, 4) is 11.8 Å². The zero-order valence-electron chi connectivity index (χ0n) is 18.4. The third-order valence-corrected chi connectivity index (χ3v) is 4.75. The molecule has 0 spiro atoms. The van der Waals surface area contributed by atoms with Crippen LogP contribution in [0, 0.1) is 24.2 Å². The molecule has 1 amide bonds. The Kier molecular flexibility index (Phi) is 7.27. The number of pyridine rings is 1. The van der Waals surface area contributed by atoms with E-state index >= 15 is 0 Å². The fourth-order valence-electron chi connectivity index (χ4n) is 3.08. The van der Waals surface area contributed by atoms with Crippen LogP contribution < -0.4 is 5.32 Å². The van der Waals surface area contributed by atoms with Crippen molar-refractivity contribution in [2.45, 2.75) is 26.4 Å². The topological polar surface area (TPSA) is 82.9 Å². The van der Waals surface area contributed by atoms with Crippen molar-refractivity contribution < 1.29 is 22.8 Å². The smallest absolute Gasteiger partial charge is 0.310 e. The summed E-state index contributed by atoms with van der Waals surface area (Å²) in [5.41, 5.74) is 0.339. The molecule has 0 saturated carbocycles. The number of aryl methyl sites for hydroxylation is 1. The lowest BCUT2D eigenvalue weighted by molar-refractivity contribution is -0.137. The number of ketones is 1. The van der Waals surface area contributed by atoms with Gasteiger partial charge < -0.3 is 10.7 Å². The number of hydrogen-bond acceptors (Lipinski definition) is 4. The molecule has 0 fully saturated rings. The van der Waals surface area contributed by atoms with Crippen LogP contribution in [-0.4, -0.2) is 22.4 Å². The van der Waals surface area contributed by atoms with E-state index in [1.807, 2.05) is 0 Å². The van der Waals surface area contributed by atoms with Crippen LogP contribution in [0.5, 0.6) is 0 Å². The second-order valence-electron chi connectivity index (χ2n) is 7.63. The predicted molar refractivity (Wildman–Crippen MR) is 123 cm³/mol. The summed E-state index contributed by atoms with van der Waals surface area (Å²) >= 11 is 0. The third-order valence-electron chi connectivity index (χ3n) is 4.75. The standard InChI is InChI=1S/C26H20F3N3O2/c1-16-6-7-18(14-22(16)25(34)32-24-5-3-4-10-31-24)8-9-19-12-20(23(33)11-17(2)30)15-21(13-19)26(27,28)29/h3-7,10,12-15,30H,11H2,1-2H3,(H,31,32,34). The van der Waals surface area contributed by atoms with Crippen molar-refractivity contribution in [1.29, 1.82) is 5.41 Å². The van der Waals surface area contributed by atoms with Gasteiger partial charge in [0.05, 0.1) is 5.56 Å². The zero-order chi connectivity index (χ0) is 24.9. The van der Waals surface area contributed by atoms with Crippen molar-refractivity contribution >= 4 is 23.2 Å². The Morgan fingerprint density at radius 3 is 2.41 bits per heavy atom. The SMILES string of the molecule is CC(=N)CC(=O)c1cc(C#Cc2ccc(C)c(C(=O)Nc3ccccn3)c2)cc(C(F)(F)F)c1. The molecule has 0 saturated heterocycles. The molecule has 2 aromatic carbocycles. The number of hydrogen-bond donors (Lipinski definition) is 2. The summed E-state index contributed by atoms with van der Waals surface area (Å²) in [7, 11) is 0. The first-order valence-corrected chi connectivity index (χ1v) is 10.2. The van der Waals surface area contributed by atoms with E-state index in [1.165, 1.54) is 13.0 Å². The van der Waals surface area contributed by atoms with E-state index in [1.54, 1.807) is 49.5 Å². The summed E-state index contributed by atoms with van der Waals surface area (Å²) in [5, 5.41) is 10.1. The van der Waals surface area contributed by atoms with Crippen molar-refractivity contribution in [2.24, 2.45) is 0 Å². The van der Waals surface area contributed by atoms with Crippen LogP contribution in [0.15, 0.2) is 60.8 Å². The molecule has 0 aliphatic heterocycles. The number of alkyl halides is 3. The molecule has 5 nitrogen and oxygen atoms in total. The molecule has 0 unspecified atom stereocenters. The molecule has 8 heteroatoms. The van der Waals surface area contributed by atoms with Crippen molar-refractivity contribution in [3.05, 3.63) is 94.2 Å². The van der Waals surface area contributed by atoms with Gasteiger partial charge in [0.2, 0.25) is 0 Å². The normalized spacial score (nSPS) is 10.7. The largest absolute Gasteiger partial charge is 0.416 e. The van der Waals surface area contributed by atoms with E-state index in [9.17, 15) is 22.8 Å². The Labute approximate surface area is 194 Å². The molecule has 2 N–H and O–H groups in total. The fraction of sp³-hybridized carbons (Fsp3) is 0.154. The molecule has 3 rings (SSSR count). The number of amides is 1. The first-order valence-electron chi connectivity index (χ1n) is 10.2. The highest BCUT2D eigenvalue weighted by Crippen LogP contribution is 2.31. The second-order valence-corrected chi connectivity index (χ2v) is 7.63. The minimum absolute atomic E-state index is 0.000806. The maximum Gasteiger partial charge on any atom is 0.416 e. The highest BCUT2D eigenvalue weighted by atomic mass is 19.4. The lowest BCUT2D eigenvalue weighted by Gasteiger charge is -2.10. The fourth-order valence-corrected chi connectivity index (χ4v) is 3.08. The van der Waals surface area contributed by atoms with Crippen LogP contribution in [-0.2, 0) is 6.18 Å². The summed E-state index contributed by atoms with van der Waals surface area (Å²) in [5.74, 6) is 4.82. The first kappa shape index (κ1) is 24.4. The maximum absolute atomic E-state index is 13.4. The first-order chi connectivity index (χ1) is 16.0. The van der Waals surface area contributed by atoms with Crippen molar-refractivity contribution in [3.63, 3.8) is 0 Å². The summed E-state index contributed by atoms with van der Waals surface area (Å²) in [6.07, 6.45) is -3.39. The number of anilines is 1. The number of nitrogens with one attached hydrogen (secondary N) is 2. The van der Waals surface area contributed by atoms with E-state index < -0.39 is 23.4 Å². The van der Waals surface area contributed by atoms with Gasteiger partial charge in [-0.05, 0) is 61.9 Å². The third kappa shape index (κ3) is 6.39. The van der Waals surface area contributed by atoms with Gasteiger partial charge in [-0.2, -0.15) is 13.2 Å². The Morgan fingerprint density at radius 1 is 1.03 bits per heavy atom. The van der Waals surface area contributed by atoms with Gasteiger partial charge in [0.15, 0.2) is 5.78 Å². The lowest BCUT2D eigenvalue weighted by atomic mass is 9.99. The molecular weight excluding hydrogens is 443 g/mol. The van der Waals surface area contributed by atoms with Crippen LogP contribution in [0.2, 0.25) is 0 Å². The number of carbonyl (C=O) groups excluding carboxylic acids is 2. The lowest BCUT2D eigenvalue weighted by Crippen LogP contribution is -2.14. The number of nitrogens with zero attached hydrogens (tertiary/aromatic N) is 1. The molecular formula is C26H20F3N3O2. The van der Waals surface area contributed by atoms with Gasteiger partial charge in [-0.15, -0.1) is 0 Å². The highest BCUT2D eigenvalue weighted by Gasteiger charge is 2.31. The monoisotopic (exact) mass is 463 g/mol. The van der Waals surface area contributed by atoms with Crippen molar-refractivity contribution in [1.82, 2.24) is 4.98 Å². The van der Waals surface area contributed by atoms with Gasteiger partial charge in [-0.3, -0.25) is 9.59 Å². The van der Waals surface area contributed by atoms with Crippen LogP contribution >= 0.6 is 0 Å². The van der Waals surface area contributed by atoms with E-state index in [0.717, 1.165) is 12.1 Å². The zero-order valence-corrected chi connectivity index (χ0v) is 18.4. The van der Waals surface area contributed by atoms with Gasteiger partial charge in [0.1, 0.15) is 5.82 Å². The molecule has 0 aliphatic carbocycles. The number of Topliss-reactive ketones (excluding diaryl/α,β-unsaturated/α-hetero) is 1. The van der Waals surface area contributed by atoms with E-state index in [-0.39, 0.29) is 23.3 Å². The van der Waals surface area contributed by atoms with Crippen LogP contribution in [0.3, 0.4) is 0 Å². The Balaban J connectivity index is 1.94. The predicted octanol–water partition coefficient (Wildman–Crippen LogP) is 5.67. The van der Waals surface area contributed by atoms with Gasteiger partial charge in [0, 0.05) is 40.6 Å². The van der Waals surface area contributed by atoms with Gasteiger partial charge in [-0.1, -0.05) is 24.0 Å². The average Bonchev–Trinajstić information content (AvgIpc) is 2.78. The number of halogens is 3. The summed E-state index contributed by atoms with van der Waals surface area (Å²) < 4.78 is 40.1. The maximum atomic E-state index is 13.4. The molecule has 1 heterocycles. The van der Waals surface area contributed by atoms with Crippen LogP contribution in [0.4, 0.5) is 19.0 Å². The quantitative estimate of drug-likeness (QED) is 0.290. The summed E-state index contributed by atoms with van der Waals surface area (Å²) in [4.78, 5) is 29.0. The summed E-state index contributed by atoms with van der Waals surface area (Å²) in [6, 6.07) is 12.9. The number of rotatable bonds is 5. The Morgan fingerprint density at radius 2 is 1.76 bits per heavy atom. The average molecular weight is 463 g/mol. The molecule has 0 radical (unpaired) electrons.